The van der Waals surface area contributed by atoms with Crippen molar-refractivity contribution >= 4 is 29.3 Å². The van der Waals surface area contributed by atoms with Crippen LogP contribution in [0.4, 0.5) is 13.2 Å². The van der Waals surface area contributed by atoms with Crippen molar-refractivity contribution in [2.45, 2.75) is 63.4 Å². The predicted octanol–water partition coefficient (Wildman–Crippen LogP) is 2.55. The van der Waals surface area contributed by atoms with Crippen LogP contribution in [0.1, 0.15) is 45.1 Å². The number of benzene rings is 1. The van der Waals surface area contributed by atoms with Crippen LogP contribution in [0.25, 0.3) is 0 Å². The van der Waals surface area contributed by atoms with Gasteiger partial charge in [0.2, 0.25) is 17.7 Å². The fourth-order valence-corrected chi connectivity index (χ4v) is 3.97. The van der Waals surface area contributed by atoms with E-state index in [1.807, 2.05) is 6.07 Å². The highest BCUT2D eigenvalue weighted by Crippen LogP contribution is 2.42. The molecule has 0 saturated carbocycles. The van der Waals surface area contributed by atoms with E-state index in [0.717, 1.165) is 24.3 Å². The summed E-state index contributed by atoms with van der Waals surface area (Å²) in [7, 11) is 0. The summed E-state index contributed by atoms with van der Waals surface area (Å²) >= 11 is 5.72. The number of amides is 3. The Balaban J connectivity index is 2.15. The molecule has 0 radical (unpaired) electrons. The van der Waals surface area contributed by atoms with E-state index >= 15 is 0 Å². The van der Waals surface area contributed by atoms with Crippen molar-refractivity contribution in [2.24, 2.45) is 11.8 Å². The highest BCUT2D eigenvalue weighted by atomic mass is 35.5. The fraction of sp³-hybridized carbons (Fsp3) is 0.565. The topological polar surface area (TPSA) is 131 Å². The van der Waals surface area contributed by atoms with Crippen LogP contribution in [0.2, 0.25) is 5.02 Å². The normalized spacial score (nSPS) is 19.3. The van der Waals surface area contributed by atoms with Gasteiger partial charge in [0.1, 0.15) is 12.1 Å². The first-order valence-corrected chi connectivity index (χ1v) is 11.5. The van der Waals surface area contributed by atoms with Crippen LogP contribution in [-0.2, 0) is 20.0 Å². The lowest BCUT2D eigenvalue weighted by atomic mass is 9.89. The monoisotopic (exact) mass is 516 g/mol. The number of alkyl halides is 3. The lowest BCUT2D eigenvalue weighted by molar-refractivity contribution is -0.267. The quantitative estimate of drug-likeness (QED) is 0.379. The van der Waals surface area contributed by atoms with E-state index in [0.29, 0.717) is 13.0 Å². The SMILES string of the molecule is CC(C)CC(NC(=O)CC(O)(c1ccc(Cl)cc1)C(F)(F)F)C(=O)NC(C#N)CC1CCNC1=O. The van der Waals surface area contributed by atoms with Crippen LogP contribution >= 0.6 is 11.6 Å². The van der Waals surface area contributed by atoms with Crippen LogP contribution in [0.15, 0.2) is 24.3 Å². The average molecular weight is 517 g/mol. The average Bonchev–Trinajstić information content (AvgIpc) is 3.16. The largest absolute Gasteiger partial charge is 0.421 e. The van der Waals surface area contributed by atoms with E-state index in [1.165, 1.54) is 0 Å². The number of nitrogens with one attached hydrogen (secondary N) is 3. The first-order chi connectivity index (χ1) is 16.3. The molecule has 1 aromatic rings. The molecule has 1 aliphatic rings. The molecule has 12 heteroatoms. The Morgan fingerprint density at radius 3 is 2.37 bits per heavy atom. The maximum atomic E-state index is 13.8. The van der Waals surface area contributed by atoms with Crippen LogP contribution in [0.3, 0.4) is 0 Å². The molecule has 0 aliphatic carbocycles. The second-order valence-electron chi connectivity index (χ2n) is 8.99. The van der Waals surface area contributed by atoms with Crippen LogP contribution in [0, 0.1) is 23.2 Å². The number of hydrogen-bond donors (Lipinski definition) is 4. The number of rotatable bonds is 10. The van der Waals surface area contributed by atoms with Gasteiger partial charge in [-0.15, -0.1) is 0 Å². The molecule has 2 rings (SSSR count). The zero-order valence-electron chi connectivity index (χ0n) is 19.3. The molecule has 3 amide bonds. The van der Waals surface area contributed by atoms with Gasteiger partial charge in [0.15, 0.2) is 5.60 Å². The summed E-state index contributed by atoms with van der Waals surface area (Å²) in [5, 5.41) is 27.4. The molecule has 1 aromatic carbocycles. The lowest BCUT2D eigenvalue weighted by Gasteiger charge is -2.31. The van der Waals surface area contributed by atoms with Crippen LogP contribution < -0.4 is 16.0 Å². The number of aliphatic hydroxyl groups is 1. The number of hydrogen-bond acceptors (Lipinski definition) is 5. The Labute approximate surface area is 206 Å². The van der Waals surface area contributed by atoms with E-state index in [1.54, 1.807) is 13.8 Å². The molecule has 1 saturated heterocycles. The van der Waals surface area contributed by atoms with Crippen LogP contribution in [0.5, 0.6) is 0 Å². The van der Waals surface area contributed by atoms with Gasteiger partial charge in [-0.3, -0.25) is 14.4 Å². The van der Waals surface area contributed by atoms with Gasteiger partial charge in [-0.25, -0.2) is 0 Å². The summed E-state index contributed by atoms with van der Waals surface area (Å²) in [5.41, 5.74) is -4.08. The molecule has 192 valence electrons. The maximum Gasteiger partial charge on any atom is 0.421 e. The van der Waals surface area contributed by atoms with E-state index < -0.39 is 53.6 Å². The number of carbonyl (C=O) groups is 3. The fourth-order valence-electron chi connectivity index (χ4n) is 3.84. The summed E-state index contributed by atoms with van der Waals surface area (Å²) in [4.78, 5) is 37.2. The van der Waals surface area contributed by atoms with Gasteiger partial charge in [-0.1, -0.05) is 37.6 Å². The standard InChI is InChI=1S/C23H28ClF3N4O4/c1-13(2)9-18(21(34)30-17(12-28)10-14-7-8-29-20(14)33)31-19(32)11-22(35,23(25,26)27)15-3-5-16(24)6-4-15/h3-6,13-14,17-18,35H,7-11H2,1-2H3,(H,29,33)(H,30,34)(H,31,32). The number of nitrogens with zero attached hydrogens (tertiary/aromatic N) is 1. The highest BCUT2D eigenvalue weighted by molar-refractivity contribution is 6.30. The van der Waals surface area contributed by atoms with Crippen molar-refractivity contribution in [3.05, 3.63) is 34.9 Å². The molecular weight excluding hydrogens is 489 g/mol. The first kappa shape index (κ1) is 28.4. The number of halogens is 4. The Hall–Kier alpha value is -2.84. The van der Waals surface area contributed by atoms with Gasteiger partial charge in [0, 0.05) is 17.5 Å². The van der Waals surface area contributed by atoms with E-state index in [4.69, 9.17) is 11.6 Å². The molecule has 8 nitrogen and oxygen atoms in total. The minimum atomic E-state index is -5.19. The third-order valence-electron chi connectivity index (χ3n) is 5.72. The van der Waals surface area contributed by atoms with E-state index in [-0.39, 0.29) is 29.7 Å². The molecule has 1 aliphatic heterocycles. The smallest absolute Gasteiger partial charge is 0.376 e. The molecule has 1 fully saturated rings. The summed E-state index contributed by atoms with van der Waals surface area (Å²) < 4.78 is 41.4. The number of nitriles is 1. The van der Waals surface area contributed by atoms with Gasteiger partial charge in [0.05, 0.1) is 12.5 Å². The van der Waals surface area contributed by atoms with Gasteiger partial charge >= 0.3 is 6.18 Å². The molecule has 4 unspecified atom stereocenters. The third-order valence-corrected chi connectivity index (χ3v) is 5.97. The Kier molecular flexibility index (Phi) is 9.52. The Morgan fingerprint density at radius 2 is 1.89 bits per heavy atom. The summed E-state index contributed by atoms with van der Waals surface area (Å²) in [6, 6.07) is 3.89. The number of carbonyl (C=O) groups excluding carboxylic acids is 3. The van der Waals surface area contributed by atoms with Gasteiger partial charge in [0.25, 0.3) is 0 Å². The molecular formula is C23H28ClF3N4O4. The van der Waals surface area contributed by atoms with Crippen LogP contribution in [-0.4, -0.2) is 47.6 Å². The minimum absolute atomic E-state index is 0.0702. The summed E-state index contributed by atoms with van der Waals surface area (Å²) in [5.74, 6) is -2.77. The second kappa shape index (κ2) is 11.7. The Morgan fingerprint density at radius 1 is 1.26 bits per heavy atom. The van der Waals surface area contributed by atoms with Crippen molar-refractivity contribution in [3.8, 4) is 6.07 Å². The molecule has 0 aromatic heterocycles. The minimum Gasteiger partial charge on any atom is -0.376 e. The van der Waals surface area contributed by atoms with Crippen molar-refractivity contribution in [3.63, 3.8) is 0 Å². The first-order valence-electron chi connectivity index (χ1n) is 11.1. The van der Waals surface area contributed by atoms with Crippen molar-refractivity contribution in [1.29, 1.82) is 5.26 Å². The van der Waals surface area contributed by atoms with Crippen molar-refractivity contribution < 1.29 is 32.7 Å². The zero-order chi connectivity index (χ0) is 26.4. The van der Waals surface area contributed by atoms with E-state index in [9.17, 15) is 37.9 Å². The molecule has 0 bridgehead atoms. The molecule has 4 N–H and O–H groups in total. The third kappa shape index (κ3) is 7.57. The molecule has 4 atom stereocenters. The molecule has 0 spiro atoms. The van der Waals surface area contributed by atoms with Crippen molar-refractivity contribution in [2.75, 3.05) is 6.54 Å². The maximum absolute atomic E-state index is 13.8. The summed E-state index contributed by atoms with van der Waals surface area (Å²) in [6.45, 7) is 3.96. The van der Waals surface area contributed by atoms with Gasteiger partial charge in [-0.05, 0) is 42.9 Å². The second-order valence-corrected chi connectivity index (χ2v) is 9.43. The highest BCUT2D eigenvalue weighted by Gasteiger charge is 2.56. The zero-order valence-corrected chi connectivity index (χ0v) is 20.0. The molecule has 35 heavy (non-hydrogen) atoms. The lowest BCUT2D eigenvalue weighted by Crippen LogP contribution is -2.53. The summed E-state index contributed by atoms with van der Waals surface area (Å²) in [6.07, 6.45) is -5.92. The predicted molar refractivity (Wildman–Crippen MR) is 121 cm³/mol. The molecule has 1 heterocycles. The van der Waals surface area contributed by atoms with Crippen molar-refractivity contribution in [1.82, 2.24) is 16.0 Å². The van der Waals surface area contributed by atoms with E-state index in [2.05, 4.69) is 16.0 Å². The van der Waals surface area contributed by atoms with Gasteiger partial charge in [-0.2, -0.15) is 18.4 Å². The van der Waals surface area contributed by atoms with Gasteiger partial charge < -0.3 is 21.1 Å². The Bertz CT molecular complexity index is 965.